The molecule has 0 saturated carbocycles. The quantitative estimate of drug-likeness (QED) is 0.787. The van der Waals surface area contributed by atoms with Crippen LogP contribution in [0.2, 0.25) is 0 Å². The van der Waals surface area contributed by atoms with E-state index in [2.05, 4.69) is 32.7 Å². The molecule has 20 heavy (non-hydrogen) atoms. The maximum atomic E-state index is 12.3. The first-order valence-corrected chi connectivity index (χ1v) is 6.84. The fourth-order valence-electron chi connectivity index (χ4n) is 2.54. The normalized spacial score (nSPS) is 19.1. The summed E-state index contributed by atoms with van der Waals surface area (Å²) in [6.07, 6.45) is 4.17. The molecule has 5 heteroatoms. The highest BCUT2D eigenvalue weighted by atomic mass is 16.2. The van der Waals surface area contributed by atoms with Crippen molar-refractivity contribution in [3.63, 3.8) is 0 Å². The van der Waals surface area contributed by atoms with Gasteiger partial charge in [0.25, 0.3) is 0 Å². The minimum Gasteiger partial charge on any atom is -0.347 e. The molecule has 0 radical (unpaired) electrons. The largest absolute Gasteiger partial charge is 0.347 e. The summed E-state index contributed by atoms with van der Waals surface area (Å²) in [6.45, 7) is 2.66. The molecule has 0 spiro atoms. The van der Waals surface area contributed by atoms with Crippen LogP contribution in [0, 0.1) is 0 Å². The lowest BCUT2D eigenvalue weighted by Crippen LogP contribution is -2.48. The topological polar surface area (TPSA) is 69.8 Å². The Hall–Kier alpha value is -2.14. The van der Waals surface area contributed by atoms with Crippen LogP contribution in [0.25, 0.3) is 0 Å². The number of carbonyl (C=O) groups is 1. The SMILES string of the molecule is CC(NC(=O)[C@H]1Cc2ccccc2CN1)c1ncc[nH]1. The lowest BCUT2D eigenvalue weighted by Gasteiger charge is -2.26. The maximum absolute atomic E-state index is 12.3. The molecule has 1 amide bonds. The summed E-state index contributed by atoms with van der Waals surface area (Å²) in [5.74, 6) is 0.790. The van der Waals surface area contributed by atoms with E-state index < -0.39 is 0 Å². The fourth-order valence-corrected chi connectivity index (χ4v) is 2.54. The van der Waals surface area contributed by atoms with Gasteiger partial charge in [0, 0.05) is 18.9 Å². The highest BCUT2D eigenvalue weighted by Crippen LogP contribution is 2.17. The van der Waals surface area contributed by atoms with Crippen molar-refractivity contribution in [2.45, 2.75) is 32.0 Å². The first kappa shape index (κ1) is 12.9. The van der Waals surface area contributed by atoms with E-state index in [-0.39, 0.29) is 18.0 Å². The summed E-state index contributed by atoms with van der Waals surface area (Å²) >= 11 is 0. The molecule has 2 atom stereocenters. The Morgan fingerprint density at radius 3 is 2.95 bits per heavy atom. The monoisotopic (exact) mass is 270 g/mol. The molecule has 1 aliphatic rings. The van der Waals surface area contributed by atoms with E-state index >= 15 is 0 Å². The number of rotatable bonds is 3. The van der Waals surface area contributed by atoms with Crippen LogP contribution in [0.5, 0.6) is 0 Å². The Balaban J connectivity index is 1.64. The van der Waals surface area contributed by atoms with Crippen LogP contribution in [0.4, 0.5) is 0 Å². The lowest BCUT2D eigenvalue weighted by molar-refractivity contribution is -0.124. The summed E-state index contributed by atoms with van der Waals surface area (Å²) in [5.41, 5.74) is 2.52. The van der Waals surface area contributed by atoms with Gasteiger partial charge in [-0.2, -0.15) is 0 Å². The molecule has 104 valence electrons. The molecule has 2 heterocycles. The van der Waals surface area contributed by atoms with Crippen molar-refractivity contribution >= 4 is 5.91 Å². The highest BCUT2D eigenvalue weighted by molar-refractivity contribution is 5.82. The number of benzene rings is 1. The number of nitrogens with one attached hydrogen (secondary N) is 3. The van der Waals surface area contributed by atoms with Crippen LogP contribution in [0.15, 0.2) is 36.7 Å². The van der Waals surface area contributed by atoms with Gasteiger partial charge in [-0.25, -0.2) is 4.98 Å². The highest BCUT2D eigenvalue weighted by Gasteiger charge is 2.25. The minimum atomic E-state index is -0.178. The Kier molecular flexibility index (Phi) is 3.52. The van der Waals surface area contributed by atoms with Gasteiger partial charge in [0.1, 0.15) is 5.82 Å². The average molecular weight is 270 g/mol. The molecule has 0 fully saturated rings. The van der Waals surface area contributed by atoms with Gasteiger partial charge in [-0.3, -0.25) is 4.79 Å². The van der Waals surface area contributed by atoms with E-state index in [1.165, 1.54) is 11.1 Å². The fraction of sp³-hybridized carbons (Fsp3) is 0.333. The van der Waals surface area contributed by atoms with E-state index in [0.717, 1.165) is 18.8 Å². The van der Waals surface area contributed by atoms with E-state index in [9.17, 15) is 4.79 Å². The van der Waals surface area contributed by atoms with Crippen molar-refractivity contribution in [2.75, 3.05) is 0 Å². The van der Waals surface area contributed by atoms with Crippen LogP contribution in [-0.2, 0) is 17.8 Å². The molecular formula is C15H18N4O. The zero-order valence-electron chi connectivity index (χ0n) is 11.4. The zero-order chi connectivity index (χ0) is 13.9. The van der Waals surface area contributed by atoms with E-state index in [4.69, 9.17) is 0 Å². The van der Waals surface area contributed by atoms with Crippen molar-refractivity contribution in [3.8, 4) is 0 Å². The van der Waals surface area contributed by atoms with Crippen molar-refractivity contribution in [1.82, 2.24) is 20.6 Å². The second-order valence-electron chi connectivity index (χ2n) is 5.11. The Morgan fingerprint density at radius 1 is 1.40 bits per heavy atom. The molecule has 0 aliphatic carbocycles. The van der Waals surface area contributed by atoms with E-state index in [1.807, 2.05) is 19.1 Å². The second-order valence-corrected chi connectivity index (χ2v) is 5.11. The van der Waals surface area contributed by atoms with Gasteiger partial charge in [0.2, 0.25) is 5.91 Å². The summed E-state index contributed by atoms with van der Waals surface area (Å²) in [5, 5.41) is 6.27. The summed E-state index contributed by atoms with van der Waals surface area (Å²) < 4.78 is 0. The molecule has 3 N–H and O–H groups in total. The molecule has 1 aliphatic heterocycles. The van der Waals surface area contributed by atoms with Crippen molar-refractivity contribution in [3.05, 3.63) is 53.6 Å². The smallest absolute Gasteiger partial charge is 0.238 e. The molecule has 1 aromatic heterocycles. The molecule has 3 rings (SSSR count). The number of aromatic nitrogens is 2. The second kappa shape index (κ2) is 5.46. The summed E-state index contributed by atoms with van der Waals surface area (Å²) in [7, 11) is 0. The first-order valence-electron chi connectivity index (χ1n) is 6.84. The number of fused-ring (bicyclic) bond motifs is 1. The van der Waals surface area contributed by atoms with Gasteiger partial charge >= 0.3 is 0 Å². The molecule has 1 aromatic carbocycles. The number of hydrogen-bond donors (Lipinski definition) is 3. The lowest BCUT2D eigenvalue weighted by atomic mass is 9.95. The number of amides is 1. The third kappa shape index (κ3) is 2.58. The van der Waals surface area contributed by atoms with Gasteiger partial charge < -0.3 is 15.6 Å². The van der Waals surface area contributed by atoms with Crippen molar-refractivity contribution in [2.24, 2.45) is 0 Å². The van der Waals surface area contributed by atoms with Gasteiger partial charge in [-0.1, -0.05) is 24.3 Å². The van der Waals surface area contributed by atoms with Gasteiger partial charge in [-0.05, 0) is 24.5 Å². The zero-order valence-corrected chi connectivity index (χ0v) is 11.4. The van der Waals surface area contributed by atoms with Crippen LogP contribution in [-0.4, -0.2) is 21.9 Å². The predicted octanol–water partition coefficient (Wildman–Crippen LogP) is 1.30. The Labute approximate surface area is 117 Å². The molecule has 0 saturated heterocycles. The molecule has 1 unspecified atom stereocenters. The minimum absolute atomic E-state index is 0.0170. The number of carbonyl (C=O) groups excluding carboxylic acids is 1. The van der Waals surface area contributed by atoms with Gasteiger partial charge in [0.05, 0.1) is 12.1 Å². The van der Waals surface area contributed by atoms with Gasteiger partial charge in [-0.15, -0.1) is 0 Å². The van der Waals surface area contributed by atoms with Crippen LogP contribution in [0.3, 0.4) is 0 Å². The number of H-pyrrole nitrogens is 1. The average Bonchev–Trinajstić information content (AvgIpc) is 3.01. The van der Waals surface area contributed by atoms with Crippen LogP contribution < -0.4 is 10.6 Å². The van der Waals surface area contributed by atoms with Crippen molar-refractivity contribution < 1.29 is 4.79 Å². The predicted molar refractivity (Wildman–Crippen MR) is 75.9 cm³/mol. The van der Waals surface area contributed by atoms with Crippen LogP contribution in [0.1, 0.15) is 29.9 Å². The van der Waals surface area contributed by atoms with E-state index in [1.54, 1.807) is 12.4 Å². The number of hydrogen-bond acceptors (Lipinski definition) is 3. The summed E-state index contributed by atoms with van der Waals surface area (Å²) in [6, 6.07) is 7.94. The molecular weight excluding hydrogens is 252 g/mol. The molecule has 0 bridgehead atoms. The third-order valence-electron chi connectivity index (χ3n) is 3.69. The number of imidazole rings is 1. The van der Waals surface area contributed by atoms with Crippen molar-refractivity contribution in [1.29, 1.82) is 0 Å². The van der Waals surface area contributed by atoms with E-state index in [0.29, 0.717) is 0 Å². The standard InChI is InChI=1S/C15H18N4O/c1-10(14-16-6-7-17-14)19-15(20)13-8-11-4-2-3-5-12(11)9-18-13/h2-7,10,13,18H,8-9H2,1H3,(H,16,17)(H,19,20)/t10?,13-/m1/s1. The van der Waals surface area contributed by atoms with Crippen LogP contribution >= 0.6 is 0 Å². The Morgan fingerprint density at radius 2 is 2.20 bits per heavy atom. The molecule has 2 aromatic rings. The molecule has 5 nitrogen and oxygen atoms in total. The van der Waals surface area contributed by atoms with Gasteiger partial charge in [0.15, 0.2) is 0 Å². The number of aromatic amines is 1. The maximum Gasteiger partial charge on any atom is 0.238 e. The summed E-state index contributed by atoms with van der Waals surface area (Å²) in [4.78, 5) is 19.5. The Bertz CT molecular complexity index is 594. The first-order chi connectivity index (χ1) is 9.74. The third-order valence-corrected chi connectivity index (χ3v) is 3.69. The number of nitrogens with zero attached hydrogens (tertiary/aromatic N) is 1.